The van der Waals surface area contributed by atoms with Crippen LogP contribution in [0.3, 0.4) is 0 Å². The average molecular weight is 173 g/mol. The van der Waals surface area contributed by atoms with E-state index in [1.54, 1.807) is 0 Å². The van der Waals surface area contributed by atoms with E-state index in [4.69, 9.17) is 0 Å². The summed E-state index contributed by atoms with van der Waals surface area (Å²) in [5.41, 5.74) is 0.513. The van der Waals surface area contributed by atoms with Crippen molar-refractivity contribution in [3.8, 4) is 0 Å². The lowest BCUT2D eigenvalue weighted by atomic mass is 9.65. The molecule has 12 heavy (non-hydrogen) atoms. The van der Waals surface area contributed by atoms with Crippen LogP contribution in [0.15, 0.2) is 0 Å². The van der Waals surface area contributed by atoms with Crippen molar-refractivity contribution < 1.29 is 4.48 Å². The number of halogens is 1. The minimum atomic E-state index is 0.513. The lowest BCUT2D eigenvalue weighted by molar-refractivity contribution is -0.000452. The van der Waals surface area contributed by atoms with Crippen LogP contribution in [0.5, 0.6) is 0 Å². The molecule has 1 rings (SSSR count). The van der Waals surface area contributed by atoms with Crippen LogP contribution in [0.4, 0.5) is 4.48 Å². The fraction of sp³-hybridized carbons (Fsp3) is 1.00. The SMILES string of the molecule is CCN(F)CCC1(CC)CCC1. The monoisotopic (exact) mass is 173 g/mol. The van der Waals surface area contributed by atoms with Crippen molar-refractivity contribution in [2.24, 2.45) is 5.41 Å². The van der Waals surface area contributed by atoms with Crippen LogP contribution in [0, 0.1) is 5.41 Å². The molecule has 1 saturated carbocycles. The summed E-state index contributed by atoms with van der Waals surface area (Å²) < 4.78 is 12.8. The molecule has 72 valence electrons. The molecule has 0 heterocycles. The first-order valence-electron chi connectivity index (χ1n) is 5.13. The lowest BCUT2D eigenvalue weighted by Crippen LogP contribution is -2.32. The Hall–Kier alpha value is -0.110. The van der Waals surface area contributed by atoms with E-state index in [0.717, 1.165) is 11.5 Å². The van der Waals surface area contributed by atoms with Gasteiger partial charge in [0.25, 0.3) is 0 Å². The van der Waals surface area contributed by atoms with Gasteiger partial charge in [-0.05, 0) is 31.6 Å². The number of nitrogens with zero attached hydrogens (tertiary/aromatic N) is 1. The predicted octanol–water partition coefficient (Wildman–Crippen LogP) is 3.16. The minimum Gasteiger partial charge on any atom is -0.147 e. The molecule has 0 N–H and O–H groups in total. The fourth-order valence-corrected chi connectivity index (χ4v) is 1.97. The first kappa shape index (κ1) is 9.97. The average Bonchev–Trinajstić information content (AvgIpc) is 2.03. The summed E-state index contributed by atoms with van der Waals surface area (Å²) in [6.07, 6.45) is 6.27. The van der Waals surface area contributed by atoms with E-state index >= 15 is 0 Å². The van der Waals surface area contributed by atoms with Gasteiger partial charge in [0, 0.05) is 13.1 Å². The second kappa shape index (κ2) is 4.22. The minimum absolute atomic E-state index is 0.513. The summed E-state index contributed by atoms with van der Waals surface area (Å²) in [6.45, 7) is 5.25. The van der Waals surface area contributed by atoms with Gasteiger partial charge in [-0.3, -0.25) is 0 Å². The second-order valence-corrected chi connectivity index (χ2v) is 3.96. The van der Waals surface area contributed by atoms with Gasteiger partial charge in [-0.2, -0.15) is 0 Å². The van der Waals surface area contributed by atoms with Crippen LogP contribution < -0.4 is 0 Å². The topological polar surface area (TPSA) is 3.24 Å². The molecule has 0 amide bonds. The molecule has 0 saturated heterocycles. The first-order chi connectivity index (χ1) is 5.72. The van der Waals surface area contributed by atoms with Crippen molar-refractivity contribution in [1.82, 2.24) is 5.12 Å². The molecule has 1 nitrogen and oxygen atoms in total. The van der Waals surface area contributed by atoms with E-state index in [0.29, 0.717) is 18.5 Å². The van der Waals surface area contributed by atoms with Gasteiger partial charge in [-0.1, -0.05) is 19.8 Å². The molecule has 0 unspecified atom stereocenters. The zero-order valence-electron chi connectivity index (χ0n) is 8.27. The molecule has 0 aliphatic heterocycles. The summed E-state index contributed by atoms with van der Waals surface area (Å²) in [5.74, 6) is 0. The number of hydrogen-bond acceptors (Lipinski definition) is 1. The molecule has 1 aliphatic carbocycles. The molecule has 2 heteroatoms. The smallest absolute Gasteiger partial charge is 0.0295 e. The third kappa shape index (κ3) is 2.19. The van der Waals surface area contributed by atoms with Crippen molar-refractivity contribution in [3.63, 3.8) is 0 Å². The molecular formula is C10H20FN. The highest BCUT2D eigenvalue weighted by molar-refractivity contribution is 4.86. The lowest BCUT2D eigenvalue weighted by Gasteiger charge is -2.41. The molecule has 1 aliphatic rings. The standard InChI is InChI=1S/C10H20FN/c1-3-10(6-5-7-10)8-9-12(11)4-2/h3-9H2,1-2H3. The van der Waals surface area contributed by atoms with E-state index in [-0.39, 0.29) is 0 Å². The summed E-state index contributed by atoms with van der Waals surface area (Å²) in [6, 6.07) is 0. The summed E-state index contributed by atoms with van der Waals surface area (Å²) in [5, 5.41) is 0.926. The molecular weight excluding hydrogens is 153 g/mol. The normalized spacial score (nSPS) is 21.0. The fourth-order valence-electron chi connectivity index (χ4n) is 1.97. The van der Waals surface area contributed by atoms with Gasteiger partial charge in [0.05, 0.1) is 0 Å². The molecule has 0 aromatic heterocycles. The van der Waals surface area contributed by atoms with E-state index in [1.165, 1.54) is 25.7 Å². The highest BCUT2D eigenvalue weighted by Crippen LogP contribution is 2.46. The van der Waals surface area contributed by atoms with Gasteiger partial charge in [-0.25, -0.2) is 0 Å². The molecule has 0 radical (unpaired) electrons. The van der Waals surface area contributed by atoms with Crippen molar-refractivity contribution in [2.75, 3.05) is 13.1 Å². The Morgan fingerprint density at radius 3 is 2.33 bits per heavy atom. The summed E-state index contributed by atoms with van der Waals surface area (Å²) >= 11 is 0. The van der Waals surface area contributed by atoms with Crippen molar-refractivity contribution in [2.45, 2.75) is 46.0 Å². The second-order valence-electron chi connectivity index (χ2n) is 3.96. The van der Waals surface area contributed by atoms with Crippen LogP contribution in [0.25, 0.3) is 0 Å². The molecule has 0 spiro atoms. The zero-order chi connectivity index (χ0) is 9.03. The Kier molecular flexibility index (Phi) is 3.51. The van der Waals surface area contributed by atoms with Gasteiger partial charge < -0.3 is 0 Å². The van der Waals surface area contributed by atoms with Crippen LogP contribution in [-0.2, 0) is 0 Å². The zero-order valence-corrected chi connectivity index (χ0v) is 8.27. The molecule has 0 aromatic rings. The van der Waals surface area contributed by atoms with E-state index in [2.05, 4.69) is 6.92 Å². The van der Waals surface area contributed by atoms with Crippen LogP contribution in [0.1, 0.15) is 46.0 Å². The maximum Gasteiger partial charge on any atom is 0.0295 e. The Morgan fingerprint density at radius 2 is 2.00 bits per heavy atom. The van der Waals surface area contributed by atoms with Crippen molar-refractivity contribution in [1.29, 1.82) is 0 Å². The Balaban J connectivity index is 2.20. The van der Waals surface area contributed by atoms with Gasteiger partial charge >= 0.3 is 0 Å². The summed E-state index contributed by atoms with van der Waals surface area (Å²) in [4.78, 5) is 0. The van der Waals surface area contributed by atoms with Crippen LogP contribution >= 0.6 is 0 Å². The highest BCUT2D eigenvalue weighted by atomic mass is 19.2. The molecule has 0 aromatic carbocycles. The highest BCUT2D eigenvalue weighted by Gasteiger charge is 2.34. The number of rotatable bonds is 5. The van der Waals surface area contributed by atoms with Gasteiger partial charge in [0.1, 0.15) is 0 Å². The Morgan fingerprint density at radius 1 is 1.33 bits per heavy atom. The predicted molar refractivity (Wildman–Crippen MR) is 49.5 cm³/mol. The van der Waals surface area contributed by atoms with Gasteiger partial charge in [0.15, 0.2) is 0 Å². The molecule has 0 bridgehead atoms. The summed E-state index contributed by atoms with van der Waals surface area (Å²) in [7, 11) is 0. The Labute approximate surface area is 74.9 Å². The van der Waals surface area contributed by atoms with E-state index in [1.807, 2.05) is 6.92 Å². The van der Waals surface area contributed by atoms with E-state index < -0.39 is 0 Å². The van der Waals surface area contributed by atoms with Crippen molar-refractivity contribution in [3.05, 3.63) is 0 Å². The van der Waals surface area contributed by atoms with Gasteiger partial charge in [-0.15, -0.1) is 9.60 Å². The quantitative estimate of drug-likeness (QED) is 0.577. The maximum absolute atomic E-state index is 12.8. The Bertz CT molecular complexity index is 126. The number of hydrogen-bond donors (Lipinski definition) is 0. The van der Waals surface area contributed by atoms with Gasteiger partial charge in [0.2, 0.25) is 0 Å². The van der Waals surface area contributed by atoms with E-state index in [9.17, 15) is 4.48 Å². The van der Waals surface area contributed by atoms with Crippen LogP contribution in [-0.4, -0.2) is 18.2 Å². The first-order valence-corrected chi connectivity index (χ1v) is 5.13. The largest absolute Gasteiger partial charge is 0.147 e. The maximum atomic E-state index is 12.8. The third-order valence-corrected chi connectivity index (χ3v) is 3.39. The third-order valence-electron chi connectivity index (χ3n) is 3.39. The van der Waals surface area contributed by atoms with Crippen molar-refractivity contribution >= 4 is 0 Å². The van der Waals surface area contributed by atoms with Crippen LogP contribution in [0.2, 0.25) is 0 Å². The molecule has 0 atom stereocenters. The molecule has 1 fully saturated rings.